The molecule has 0 aliphatic heterocycles. The molecule has 0 aliphatic carbocycles. The highest BCUT2D eigenvalue weighted by atomic mass is 16.5. The Hall–Kier alpha value is -2.29. The van der Waals surface area contributed by atoms with E-state index >= 15 is 0 Å². The summed E-state index contributed by atoms with van der Waals surface area (Å²) in [6, 6.07) is 13.6. The first-order chi connectivity index (χ1) is 9.18. The van der Waals surface area contributed by atoms with E-state index < -0.39 is 0 Å². The molecule has 0 radical (unpaired) electrons. The standard InChI is InChI=1S/C16H17NO2/c1-13-10-11-15(17(13)2)16(18)19-12-6-9-14-7-4-3-5-8-14/h3-11H,12H2,1-2H3/b9-6+. The van der Waals surface area contributed by atoms with Crippen LogP contribution in [0.15, 0.2) is 48.5 Å². The Labute approximate surface area is 113 Å². The molecule has 98 valence electrons. The monoisotopic (exact) mass is 255 g/mol. The zero-order valence-corrected chi connectivity index (χ0v) is 11.2. The normalized spacial score (nSPS) is 10.8. The first kappa shape index (κ1) is 13.1. The third-order valence-electron chi connectivity index (χ3n) is 3.00. The molecular weight excluding hydrogens is 238 g/mol. The van der Waals surface area contributed by atoms with Gasteiger partial charge in [-0.05, 0) is 30.7 Å². The van der Waals surface area contributed by atoms with Gasteiger partial charge in [-0.15, -0.1) is 0 Å². The topological polar surface area (TPSA) is 31.2 Å². The highest BCUT2D eigenvalue weighted by Gasteiger charge is 2.11. The number of carbonyl (C=O) groups is 1. The number of ether oxygens (including phenoxy) is 1. The average molecular weight is 255 g/mol. The molecule has 0 saturated heterocycles. The lowest BCUT2D eigenvalue weighted by Gasteiger charge is -2.04. The highest BCUT2D eigenvalue weighted by molar-refractivity contribution is 5.88. The number of esters is 1. The van der Waals surface area contributed by atoms with Gasteiger partial charge in [0.1, 0.15) is 12.3 Å². The number of hydrogen-bond acceptors (Lipinski definition) is 2. The molecule has 1 aromatic carbocycles. The van der Waals surface area contributed by atoms with E-state index in [1.54, 1.807) is 6.07 Å². The summed E-state index contributed by atoms with van der Waals surface area (Å²) in [6.45, 7) is 2.23. The van der Waals surface area contributed by atoms with Gasteiger partial charge < -0.3 is 9.30 Å². The van der Waals surface area contributed by atoms with Crippen molar-refractivity contribution < 1.29 is 9.53 Å². The molecule has 0 atom stereocenters. The van der Waals surface area contributed by atoms with Crippen molar-refractivity contribution in [3.8, 4) is 0 Å². The molecule has 0 amide bonds. The number of carbonyl (C=O) groups excluding carboxylic acids is 1. The Morgan fingerprint density at radius 1 is 1.21 bits per heavy atom. The molecule has 0 saturated carbocycles. The fraction of sp³-hybridized carbons (Fsp3) is 0.188. The van der Waals surface area contributed by atoms with E-state index in [1.165, 1.54) is 0 Å². The summed E-state index contributed by atoms with van der Waals surface area (Å²) < 4.78 is 7.02. The van der Waals surface area contributed by atoms with Gasteiger partial charge in [0, 0.05) is 12.7 Å². The lowest BCUT2D eigenvalue weighted by Crippen LogP contribution is -2.10. The third kappa shape index (κ3) is 3.35. The van der Waals surface area contributed by atoms with Gasteiger partial charge in [0.2, 0.25) is 0 Å². The number of aromatic nitrogens is 1. The van der Waals surface area contributed by atoms with E-state index in [4.69, 9.17) is 4.74 Å². The Morgan fingerprint density at radius 3 is 2.58 bits per heavy atom. The van der Waals surface area contributed by atoms with E-state index in [0.29, 0.717) is 5.69 Å². The maximum Gasteiger partial charge on any atom is 0.355 e. The first-order valence-electron chi connectivity index (χ1n) is 6.19. The van der Waals surface area contributed by atoms with Crippen LogP contribution in [0.1, 0.15) is 21.7 Å². The smallest absolute Gasteiger partial charge is 0.355 e. The van der Waals surface area contributed by atoms with Gasteiger partial charge in [0.25, 0.3) is 0 Å². The van der Waals surface area contributed by atoms with Crippen LogP contribution >= 0.6 is 0 Å². The zero-order chi connectivity index (χ0) is 13.7. The van der Waals surface area contributed by atoms with E-state index in [0.717, 1.165) is 11.3 Å². The number of rotatable bonds is 4. The van der Waals surface area contributed by atoms with Crippen LogP contribution in [0, 0.1) is 6.92 Å². The van der Waals surface area contributed by atoms with E-state index in [1.807, 2.05) is 67.1 Å². The summed E-state index contributed by atoms with van der Waals surface area (Å²) in [7, 11) is 1.85. The molecule has 0 spiro atoms. The van der Waals surface area contributed by atoms with Crippen molar-refractivity contribution in [1.82, 2.24) is 4.57 Å². The van der Waals surface area contributed by atoms with Crippen LogP contribution in [0.3, 0.4) is 0 Å². The Balaban J connectivity index is 1.88. The van der Waals surface area contributed by atoms with Crippen molar-refractivity contribution in [3.05, 3.63) is 65.5 Å². The second kappa shape index (κ2) is 6.05. The van der Waals surface area contributed by atoms with Crippen molar-refractivity contribution in [2.45, 2.75) is 6.92 Å². The number of aryl methyl sites for hydroxylation is 1. The molecule has 0 fully saturated rings. The second-order valence-corrected chi connectivity index (χ2v) is 4.33. The van der Waals surface area contributed by atoms with Crippen molar-refractivity contribution in [1.29, 1.82) is 0 Å². The summed E-state index contributed by atoms with van der Waals surface area (Å²) in [4.78, 5) is 11.8. The predicted molar refractivity (Wildman–Crippen MR) is 75.9 cm³/mol. The highest BCUT2D eigenvalue weighted by Crippen LogP contribution is 2.07. The summed E-state index contributed by atoms with van der Waals surface area (Å²) in [6.07, 6.45) is 3.77. The molecule has 19 heavy (non-hydrogen) atoms. The van der Waals surface area contributed by atoms with Gasteiger partial charge in [-0.25, -0.2) is 4.79 Å². The van der Waals surface area contributed by atoms with Crippen molar-refractivity contribution in [2.24, 2.45) is 7.05 Å². The minimum Gasteiger partial charge on any atom is -0.457 e. The zero-order valence-electron chi connectivity index (χ0n) is 11.2. The predicted octanol–water partition coefficient (Wildman–Crippen LogP) is 3.20. The Bertz CT molecular complexity index is 582. The van der Waals surface area contributed by atoms with Crippen LogP contribution in [0.4, 0.5) is 0 Å². The molecule has 1 heterocycles. The SMILES string of the molecule is Cc1ccc(C(=O)OC/C=C/c2ccccc2)n1C. The molecule has 0 aliphatic rings. The van der Waals surface area contributed by atoms with Crippen LogP contribution in [0.5, 0.6) is 0 Å². The van der Waals surface area contributed by atoms with Crippen LogP contribution < -0.4 is 0 Å². The largest absolute Gasteiger partial charge is 0.457 e. The van der Waals surface area contributed by atoms with E-state index in [2.05, 4.69) is 0 Å². The van der Waals surface area contributed by atoms with Gasteiger partial charge in [0.15, 0.2) is 0 Å². The molecule has 3 nitrogen and oxygen atoms in total. The summed E-state index contributed by atoms with van der Waals surface area (Å²) in [5, 5.41) is 0. The van der Waals surface area contributed by atoms with Crippen molar-refractivity contribution in [2.75, 3.05) is 6.61 Å². The minimum atomic E-state index is -0.298. The maximum absolute atomic E-state index is 11.8. The van der Waals surface area contributed by atoms with E-state index in [-0.39, 0.29) is 12.6 Å². The average Bonchev–Trinajstić information content (AvgIpc) is 2.76. The van der Waals surface area contributed by atoms with E-state index in [9.17, 15) is 4.79 Å². The molecule has 2 rings (SSSR count). The maximum atomic E-state index is 11.8. The molecular formula is C16H17NO2. The fourth-order valence-electron chi connectivity index (χ4n) is 1.76. The number of hydrogen-bond donors (Lipinski definition) is 0. The summed E-state index contributed by atoms with van der Waals surface area (Å²) >= 11 is 0. The third-order valence-corrected chi connectivity index (χ3v) is 3.00. The minimum absolute atomic E-state index is 0.276. The lowest BCUT2D eigenvalue weighted by atomic mass is 10.2. The summed E-state index contributed by atoms with van der Waals surface area (Å²) in [5.74, 6) is -0.298. The first-order valence-corrected chi connectivity index (χ1v) is 6.19. The second-order valence-electron chi connectivity index (χ2n) is 4.33. The van der Waals surface area contributed by atoms with Crippen molar-refractivity contribution >= 4 is 12.0 Å². The Morgan fingerprint density at radius 2 is 1.95 bits per heavy atom. The van der Waals surface area contributed by atoms with Gasteiger partial charge in [-0.2, -0.15) is 0 Å². The van der Waals surface area contributed by atoms with Crippen LogP contribution in [-0.2, 0) is 11.8 Å². The van der Waals surface area contributed by atoms with Gasteiger partial charge in [-0.3, -0.25) is 0 Å². The lowest BCUT2D eigenvalue weighted by molar-refractivity contribution is 0.0539. The molecule has 0 N–H and O–H groups in total. The Kier molecular flexibility index (Phi) is 4.18. The van der Waals surface area contributed by atoms with Crippen LogP contribution in [-0.4, -0.2) is 17.1 Å². The number of nitrogens with zero attached hydrogens (tertiary/aromatic N) is 1. The molecule has 0 unspecified atom stereocenters. The van der Waals surface area contributed by atoms with Crippen molar-refractivity contribution in [3.63, 3.8) is 0 Å². The molecule has 2 aromatic rings. The van der Waals surface area contributed by atoms with Crippen LogP contribution in [0.2, 0.25) is 0 Å². The van der Waals surface area contributed by atoms with Gasteiger partial charge in [0.05, 0.1) is 0 Å². The fourth-order valence-corrected chi connectivity index (χ4v) is 1.76. The molecule has 1 aromatic heterocycles. The summed E-state index contributed by atoms with van der Waals surface area (Å²) in [5.41, 5.74) is 2.70. The molecule has 3 heteroatoms. The van der Waals surface area contributed by atoms with Gasteiger partial charge >= 0.3 is 5.97 Å². The molecule has 0 bridgehead atoms. The number of benzene rings is 1. The van der Waals surface area contributed by atoms with Crippen LogP contribution in [0.25, 0.3) is 6.08 Å². The van der Waals surface area contributed by atoms with Gasteiger partial charge in [-0.1, -0.05) is 36.4 Å². The quantitative estimate of drug-likeness (QED) is 0.786.